The lowest BCUT2D eigenvalue weighted by Crippen LogP contribution is -2.40. The number of rotatable bonds is 6. The van der Waals surface area contributed by atoms with E-state index in [0.717, 1.165) is 4.68 Å². The second-order valence-corrected chi connectivity index (χ2v) is 4.94. The molecule has 10 heteroatoms. The van der Waals surface area contributed by atoms with Crippen LogP contribution in [0.2, 0.25) is 5.02 Å². The van der Waals surface area contributed by atoms with Gasteiger partial charge in [-0.25, -0.2) is 9.59 Å². The van der Waals surface area contributed by atoms with Gasteiger partial charge in [-0.15, -0.1) is 0 Å². The molecule has 0 aliphatic carbocycles. The number of halogens is 1. The predicted octanol–water partition coefficient (Wildman–Crippen LogP) is 0.599. The summed E-state index contributed by atoms with van der Waals surface area (Å²) in [4.78, 5) is 30.6. The van der Waals surface area contributed by atoms with Crippen LogP contribution in [0.5, 0.6) is 0 Å². The number of carbonyl (C=O) groups excluding carboxylic acids is 1. The fourth-order valence-corrected chi connectivity index (χ4v) is 1.83. The highest BCUT2D eigenvalue weighted by Crippen LogP contribution is 2.11. The zero-order chi connectivity index (χ0) is 16.8. The van der Waals surface area contributed by atoms with E-state index in [1.807, 2.05) is 6.92 Å². The topological polar surface area (TPSA) is 91.5 Å². The molecule has 0 atom stereocenters. The van der Waals surface area contributed by atoms with E-state index in [1.54, 1.807) is 18.2 Å². The van der Waals surface area contributed by atoms with Gasteiger partial charge in [0.25, 0.3) is 0 Å². The number of likely N-dealkylation sites (N-methyl/N-ethyl adjacent to an activating group) is 1. The Balaban J connectivity index is 2.08. The van der Waals surface area contributed by atoms with Gasteiger partial charge < -0.3 is 9.64 Å². The number of aromatic nitrogens is 4. The number of ether oxygens (including phenoxy) is 1. The first kappa shape index (κ1) is 17.0. The second kappa shape index (κ2) is 7.75. The number of hydrogen-bond donors (Lipinski definition) is 0. The molecule has 23 heavy (non-hydrogen) atoms. The molecule has 0 spiro atoms. The van der Waals surface area contributed by atoms with Crippen molar-refractivity contribution in [2.75, 3.05) is 26.8 Å². The van der Waals surface area contributed by atoms with Crippen molar-refractivity contribution in [2.24, 2.45) is 0 Å². The van der Waals surface area contributed by atoms with Crippen LogP contribution >= 0.6 is 11.6 Å². The summed E-state index contributed by atoms with van der Waals surface area (Å²) in [6.07, 6.45) is -0.745. The third kappa shape index (κ3) is 4.30. The summed E-state index contributed by atoms with van der Waals surface area (Å²) in [5, 5.41) is 7.61. The van der Waals surface area contributed by atoms with Crippen LogP contribution in [0.4, 0.5) is 4.79 Å². The summed E-state index contributed by atoms with van der Waals surface area (Å²) in [5.41, 5.74) is -0.312. The highest BCUT2D eigenvalue weighted by Gasteiger charge is 2.16. The van der Waals surface area contributed by atoms with E-state index in [-0.39, 0.29) is 0 Å². The third-order valence-corrected chi connectivity index (χ3v) is 3.09. The van der Waals surface area contributed by atoms with Crippen molar-refractivity contribution in [3.8, 4) is 5.69 Å². The van der Waals surface area contributed by atoms with Crippen molar-refractivity contribution in [3.05, 3.63) is 39.8 Å². The monoisotopic (exact) mass is 341 g/mol. The largest absolute Gasteiger partial charge is 0.435 e. The molecule has 0 aliphatic heterocycles. The Morgan fingerprint density at radius 3 is 2.87 bits per heavy atom. The average Bonchev–Trinajstić information content (AvgIpc) is 2.88. The Hall–Kier alpha value is -2.39. The number of carbonyl (C=O) groups is 1. The summed E-state index contributed by atoms with van der Waals surface area (Å²) in [6, 6.07) is 6.49. The zero-order valence-corrected chi connectivity index (χ0v) is 13.4. The lowest BCUT2D eigenvalue weighted by Gasteiger charge is -2.14. The number of hydrogen-bond acceptors (Lipinski definition) is 6. The predicted molar refractivity (Wildman–Crippen MR) is 81.7 cm³/mol. The minimum absolute atomic E-state index is 0.323. The maximum Gasteiger partial charge on any atom is 0.435 e. The normalized spacial score (nSPS) is 10.6. The van der Waals surface area contributed by atoms with Crippen LogP contribution in [-0.2, 0) is 4.74 Å². The van der Waals surface area contributed by atoms with Gasteiger partial charge >= 0.3 is 11.8 Å². The number of nitrogens with zero attached hydrogens (tertiary/aromatic N) is 5. The number of benzene rings is 1. The fourth-order valence-electron chi connectivity index (χ4n) is 1.64. The van der Waals surface area contributed by atoms with Crippen LogP contribution in [0.3, 0.4) is 0 Å². The maximum atomic E-state index is 12.1. The average molecular weight is 342 g/mol. The van der Waals surface area contributed by atoms with Crippen LogP contribution in [-0.4, -0.2) is 57.8 Å². The Morgan fingerprint density at radius 2 is 2.17 bits per heavy atom. The first-order valence-corrected chi connectivity index (χ1v) is 7.23. The maximum absolute atomic E-state index is 12.1. The van der Waals surface area contributed by atoms with E-state index in [9.17, 15) is 9.59 Å². The molecule has 1 heterocycles. The molecule has 0 unspecified atom stereocenters. The van der Waals surface area contributed by atoms with Crippen molar-refractivity contribution in [1.29, 1.82) is 0 Å². The Morgan fingerprint density at radius 1 is 1.39 bits per heavy atom. The Kier molecular flexibility index (Phi) is 5.72. The zero-order valence-electron chi connectivity index (χ0n) is 12.7. The van der Waals surface area contributed by atoms with Crippen molar-refractivity contribution < 1.29 is 14.4 Å². The standard InChI is InChI=1S/C13H16ClN5O4/c1-3-22-8-7-17(2)13(21)23-19-12(20)18(15-16-19)11-6-4-5-10(14)9-11/h4-6,9H,3,7-8H2,1-2H3. The van der Waals surface area contributed by atoms with E-state index in [2.05, 4.69) is 10.4 Å². The summed E-state index contributed by atoms with van der Waals surface area (Å²) < 4.78 is 6.11. The molecular formula is C13H16ClN5O4. The highest BCUT2D eigenvalue weighted by atomic mass is 35.5. The van der Waals surface area contributed by atoms with Gasteiger partial charge in [-0.1, -0.05) is 17.7 Å². The smallest absolute Gasteiger partial charge is 0.380 e. The van der Waals surface area contributed by atoms with Gasteiger partial charge in [-0.05, 0) is 40.4 Å². The van der Waals surface area contributed by atoms with Crippen LogP contribution in [0.25, 0.3) is 5.69 Å². The molecule has 0 fully saturated rings. The summed E-state index contributed by atoms with van der Waals surface area (Å²) in [6.45, 7) is 3.10. The SMILES string of the molecule is CCOCCN(C)C(=O)On1nnn(-c2cccc(Cl)c2)c1=O. The van der Waals surface area contributed by atoms with Crippen molar-refractivity contribution in [3.63, 3.8) is 0 Å². The molecule has 2 aromatic rings. The van der Waals surface area contributed by atoms with Gasteiger partial charge in [-0.3, -0.25) is 4.84 Å². The van der Waals surface area contributed by atoms with Crippen LogP contribution < -0.4 is 10.5 Å². The number of tetrazole rings is 1. The molecule has 1 aromatic heterocycles. The molecule has 0 saturated heterocycles. The van der Waals surface area contributed by atoms with Crippen molar-refractivity contribution >= 4 is 17.7 Å². The summed E-state index contributed by atoms with van der Waals surface area (Å²) in [7, 11) is 1.52. The van der Waals surface area contributed by atoms with Gasteiger partial charge in [0.1, 0.15) is 0 Å². The minimum atomic E-state index is -0.745. The molecule has 1 aromatic carbocycles. The second-order valence-electron chi connectivity index (χ2n) is 4.50. The van der Waals surface area contributed by atoms with E-state index >= 15 is 0 Å². The molecule has 1 amide bonds. The quantitative estimate of drug-likeness (QED) is 0.564. The van der Waals surface area contributed by atoms with Crippen LogP contribution in [0.1, 0.15) is 6.92 Å². The molecule has 2 rings (SSSR count). The van der Waals surface area contributed by atoms with Gasteiger partial charge in [0.15, 0.2) is 0 Å². The van der Waals surface area contributed by atoms with Gasteiger partial charge in [-0.2, -0.15) is 4.68 Å². The molecule has 9 nitrogen and oxygen atoms in total. The van der Waals surface area contributed by atoms with Crippen molar-refractivity contribution in [2.45, 2.75) is 6.92 Å². The molecule has 0 saturated carbocycles. The lowest BCUT2D eigenvalue weighted by atomic mass is 10.3. The number of amides is 1. The third-order valence-electron chi connectivity index (χ3n) is 2.86. The molecule has 0 aliphatic rings. The van der Waals surface area contributed by atoms with E-state index in [1.165, 1.54) is 18.0 Å². The highest BCUT2D eigenvalue weighted by molar-refractivity contribution is 6.30. The fraction of sp³-hybridized carbons (Fsp3) is 0.385. The van der Waals surface area contributed by atoms with E-state index in [0.29, 0.717) is 35.3 Å². The molecule has 124 valence electrons. The summed E-state index contributed by atoms with van der Waals surface area (Å²) >= 11 is 5.87. The van der Waals surface area contributed by atoms with Crippen molar-refractivity contribution in [1.82, 2.24) is 24.9 Å². The van der Waals surface area contributed by atoms with Crippen LogP contribution in [0, 0.1) is 0 Å². The molecular weight excluding hydrogens is 326 g/mol. The first-order chi connectivity index (χ1) is 11.0. The first-order valence-electron chi connectivity index (χ1n) is 6.85. The van der Waals surface area contributed by atoms with Gasteiger partial charge in [0, 0.05) is 25.2 Å². The van der Waals surface area contributed by atoms with Gasteiger partial charge in [0.05, 0.1) is 12.3 Å². The summed E-state index contributed by atoms with van der Waals surface area (Å²) in [5.74, 6) is 0. The molecule has 0 radical (unpaired) electrons. The Bertz CT molecular complexity index is 729. The van der Waals surface area contributed by atoms with Crippen LogP contribution in [0.15, 0.2) is 29.1 Å². The van der Waals surface area contributed by atoms with E-state index < -0.39 is 11.8 Å². The minimum Gasteiger partial charge on any atom is -0.380 e. The lowest BCUT2D eigenvalue weighted by molar-refractivity contribution is 0.0658. The molecule has 0 N–H and O–H groups in total. The molecule has 0 bridgehead atoms. The van der Waals surface area contributed by atoms with E-state index in [4.69, 9.17) is 21.2 Å². The van der Waals surface area contributed by atoms with Gasteiger partial charge in [0.2, 0.25) is 0 Å². The Labute approximate surface area is 136 Å².